The molecule has 0 spiro atoms. The van der Waals surface area contributed by atoms with Crippen LogP contribution in [0.1, 0.15) is 54.4 Å². The maximum Gasteiger partial charge on any atom is 0.295 e. The third-order valence-corrected chi connectivity index (χ3v) is 6.43. The van der Waals surface area contributed by atoms with Crippen LogP contribution in [0.25, 0.3) is 11.0 Å². The second kappa shape index (κ2) is 10.1. The Labute approximate surface area is 214 Å². The molecule has 4 aromatic rings. The lowest BCUT2D eigenvalue weighted by Crippen LogP contribution is -2.29. The number of benzene rings is 3. The first-order valence-electron chi connectivity index (χ1n) is 12.1. The molecule has 0 aliphatic carbocycles. The van der Waals surface area contributed by atoms with Gasteiger partial charge < -0.3 is 13.9 Å². The summed E-state index contributed by atoms with van der Waals surface area (Å²) < 4.78 is 17.5. The summed E-state index contributed by atoms with van der Waals surface area (Å²) in [4.78, 5) is 29.1. The number of hydrogen-bond acceptors (Lipinski definition) is 5. The Morgan fingerprint density at radius 1 is 0.944 bits per heavy atom. The van der Waals surface area contributed by atoms with Crippen molar-refractivity contribution in [1.82, 2.24) is 0 Å². The highest BCUT2D eigenvalue weighted by molar-refractivity contribution is 6.31. The van der Waals surface area contributed by atoms with Gasteiger partial charge in [0.15, 0.2) is 5.43 Å². The number of ether oxygens (including phenoxy) is 2. The Bertz CT molecular complexity index is 1480. The van der Waals surface area contributed by atoms with Crippen LogP contribution in [-0.2, 0) is 0 Å². The quantitative estimate of drug-likeness (QED) is 0.248. The molecule has 0 bridgehead atoms. The molecular formula is C29H26ClNO5. The van der Waals surface area contributed by atoms with Crippen LogP contribution < -0.4 is 19.8 Å². The zero-order chi connectivity index (χ0) is 25.2. The fourth-order valence-corrected chi connectivity index (χ4v) is 4.68. The van der Waals surface area contributed by atoms with Gasteiger partial charge in [0.1, 0.15) is 17.1 Å². The molecule has 0 fully saturated rings. The minimum Gasteiger partial charge on any atom is -0.494 e. The average Bonchev–Trinajstić information content (AvgIpc) is 3.18. The highest BCUT2D eigenvalue weighted by atomic mass is 35.5. The molecule has 2 heterocycles. The number of amides is 1. The lowest BCUT2D eigenvalue weighted by molar-refractivity contribution is 0.0971. The second-order valence-electron chi connectivity index (χ2n) is 8.59. The van der Waals surface area contributed by atoms with Gasteiger partial charge in [0.05, 0.1) is 30.2 Å². The Kier molecular flexibility index (Phi) is 6.70. The monoisotopic (exact) mass is 503 g/mol. The van der Waals surface area contributed by atoms with E-state index in [1.807, 2.05) is 55.5 Å². The molecule has 1 amide bonds. The number of hydrogen-bond donors (Lipinski definition) is 0. The van der Waals surface area contributed by atoms with E-state index in [0.29, 0.717) is 46.4 Å². The molecule has 5 rings (SSSR count). The highest BCUT2D eigenvalue weighted by Gasteiger charge is 2.43. The second-order valence-corrected chi connectivity index (χ2v) is 9.03. The van der Waals surface area contributed by atoms with Gasteiger partial charge in [-0.05, 0) is 73.5 Å². The number of fused-ring (bicyclic) bond motifs is 2. The third kappa shape index (κ3) is 4.33. The van der Waals surface area contributed by atoms with Crippen molar-refractivity contribution in [1.29, 1.82) is 0 Å². The first-order valence-corrected chi connectivity index (χ1v) is 12.4. The molecule has 1 unspecified atom stereocenters. The van der Waals surface area contributed by atoms with E-state index in [0.717, 1.165) is 18.4 Å². The van der Waals surface area contributed by atoms with E-state index in [2.05, 4.69) is 6.92 Å². The molecular weight excluding hydrogens is 478 g/mol. The van der Waals surface area contributed by atoms with Gasteiger partial charge in [-0.25, -0.2) is 0 Å². The average molecular weight is 504 g/mol. The number of nitrogens with zero attached hydrogens (tertiary/aromatic N) is 1. The van der Waals surface area contributed by atoms with Crippen LogP contribution in [-0.4, -0.2) is 19.1 Å². The van der Waals surface area contributed by atoms with E-state index in [-0.39, 0.29) is 22.7 Å². The summed E-state index contributed by atoms with van der Waals surface area (Å²) >= 11 is 6.18. The summed E-state index contributed by atoms with van der Waals surface area (Å²) in [5.74, 6) is 1.03. The summed E-state index contributed by atoms with van der Waals surface area (Å²) in [6, 6.07) is 18.9. The van der Waals surface area contributed by atoms with E-state index in [4.69, 9.17) is 25.5 Å². The van der Waals surface area contributed by atoms with Crippen LogP contribution in [0.4, 0.5) is 5.69 Å². The zero-order valence-electron chi connectivity index (χ0n) is 20.1. The van der Waals surface area contributed by atoms with Gasteiger partial charge in [-0.15, -0.1) is 0 Å². The summed E-state index contributed by atoms with van der Waals surface area (Å²) in [7, 11) is 0. The van der Waals surface area contributed by atoms with Gasteiger partial charge in [0.25, 0.3) is 5.91 Å². The molecule has 3 aromatic carbocycles. The van der Waals surface area contributed by atoms with Crippen LogP contribution in [0.3, 0.4) is 0 Å². The molecule has 0 saturated carbocycles. The minimum absolute atomic E-state index is 0.0333. The fourth-order valence-electron chi connectivity index (χ4n) is 4.51. The van der Waals surface area contributed by atoms with E-state index in [1.165, 1.54) is 0 Å². The Morgan fingerprint density at radius 3 is 2.50 bits per heavy atom. The maximum atomic E-state index is 13.8. The molecule has 0 N–H and O–H groups in total. The lowest BCUT2D eigenvalue weighted by Gasteiger charge is -2.25. The summed E-state index contributed by atoms with van der Waals surface area (Å²) in [5.41, 5.74) is 1.70. The predicted molar refractivity (Wildman–Crippen MR) is 141 cm³/mol. The smallest absolute Gasteiger partial charge is 0.295 e. The van der Waals surface area contributed by atoms with E-state index in [1.54, 1.807) is 23.1 Å². The van der Waals surface area contributed by atoms with Crippen molar-refractivity contribution < 1.29 is 18.7 Å². The largest absolute Gasteiger partial charge is 0.494 e. The molecule has 6 nitrogen and oxygen atoms in total. The molecule has 0 saturated heterocycles. The molecule has 1 aromatic heterocycles. The number of carbonyl (C=O) groups excluding carboxylic acids is 1. The number of rotatable bonds is 8. The first-order chi connectivity index (χ1) is 17.5. The molecule has 1 aliphatic heterocycles. The zero-order valence-corrected chi connectivity index (χ0v) is 20.9. The predicted octanol–water partition coefficient (Wildman–Crippen LogP) is 6.77. The highest BCUT2D eigenvalue weighted by Crippen LogP contribution is 2.42. The van der Waals surface area contributed by atoms with Crippen molar-refractivity contribution in [2.75, 3.05) is 18.1 Å². The van der Waals surface area contributed by atoms with Crippen molar-refractivity contribution in [3.63, 3.8) is 0 Å². The topological polar surface area (TPSA) is 69.0 Å². The first kappa shape index (κ1) is 23.9. The fraction of sp³-hybridized carbons (Fsp3) is 0.241. The number of halogens is 1. The summed E-state index contributed by atoms with van der Waals surface area (Å²) in [5, 5.41) is 0.758. The van der Waals surface area contributed by atoms with Crippen LogP contribution in [0.5, 0.6) is 11.5 Å². The molecule has 0 radical (unpaired) electrons. The molecule has 1 atom stereocenters. The normalized spacial score (nSPS) is 14.8. The van der Waals surface area contributed by atoms with E-state index < -0.39 is 6.04 Å². The summed E-state index contributed by atoms with van der Waals surface area (Å²) in [6.07, 6.45) is 1.95. The standard InChI is InChI=1S/C29H26ClNO5/c1-3-5-15-35-22-8-6-7-18(16-22)26-25-27(32)23-17-19(30)9-14-24(23)36-28(25)29(33)31(26)20-10-12-21(13-11-20)34-4-2/h6-14,16-17,26H,3-5,15H2,1-2H3. The molecule has 1 aliphatic rings. The minimum atomic E-state index is -0.695. The van der Waals surface area contributed by atoms with Crippen molar-refractivity contribution in [3.8, 4) is 11.5 Å². The summed E-state index contributed by atoms with van der Waals surface area (Å²) in [6.45, 7) is 5.14. The van der Waals surface area contributed by atoms with Gasteiger partial charge >= 0.3 is 0 Å². The van der Waals surface area contributed by atoms with Crippen molar-refractivity contribution in [3.05, 3.63) is 98.9 Å². The Balaban J connectivity index is 1.68. The molecule has 7 heteroatoms. The van der Waals surface area contributed by atoms with Crippen molar-refractivity contribution in [2.24, 2.45) is 0 Å². The van der Waals surface area contributed by atoms with Crippen molar-refractivity contribution >= 4 is 34.2 Å². The van der Waals surface area contributed by atoms with E-state index >= 15 is 0 Å². The van der Waals surface area contributed by atoms with Gasteiger partial charge in [0.2, 0.25) is 5.76 Å². The maximum absolute atomic E-state index is 13.8. The number of unbranched alkanes of at least 4 members (excludes halogenated alkanes) is 1. The van der Waals surface area contributed by atoms with Gasteiger partial charge in [-0.1, -0.05) is 37.1 Å². The van der Waals surface area contributed by atoms with Gasteiger partial charge in [-0.3, -0.25) is 14.5 Å². The van der Waals surface area contributed by atoms with Crippen LogP contribution in [0.15, 0.2) is 75.9 Å². The van der Waals surface area contributed by atoms with Crippen LogP contribution in [0.2, 0.25) is 5.02 Å². The lowest BCUT2D eigenvalue weighted by atomic mass is 9.98. The Hall–Kier alpha value is -3.77. The van der Waals surface area contributed by atoms with Crippen molar-refractivity contribution in [2.45, 2.75) is 32.7 Å². The SMILES string of the molecule is CCCCOc1cccc(C2c3c(oc4ccc(Cl)cc4c3=O)C(=O)N2c2ccc(OCC)cc2)c1. The number of carbonyl (C=O) groups is 1. The van der Waals surface area contributed by atoms with Gasteiger partial charge in [-0.2, -0.15) is 0 Å². The third-order valence-electron chi connectivity index (χ3n) is 6.20. The number of anilines is 1. The van der Waals surface area contributed by atoms with E-state index in [9.17, 15) is 9.59 Å². The van der Waals surface area contributed by atoms with Crippen LogP contribution >= 0.6 is 11.6 Å². The molecule has 36 heavy (non-hydrogen) atoms. The van der Waals surface area contributed by atoms with Gasteiger partial charge in [0, 0.05) is 10.7 Å². The van der Waals surface area contributed by atoms with Crippen LogP contribution in [0, 0.1) is 0 Å². The molecule has 184 valence electrons. The Morgan fingerprint density at radius 2 is 1.75 bits per heavy atom.